The van der Waals surface area contributed by atoms with Gasteiger partial charge in [0.05, 0.1) is 5.56 Å². The SMILES string of the molecule is CCC(C)[C@H](NC(=O)c1ccc(=O)[nH]c1)C(=O)O. The summed E-state index contributed by atoms with van der Waals surface area (Å²) in [4.78, 5) is 36.1. The fraction of sp³-hybridized carbons (Fsp3) is 0.417. The molecule has 3 N–H and O–H groups in total. The van der Waals surface area contributed by atoms with E-state index < -0.39 is 17.9 Å². The molecule has 0 saturated carbocycles. The van der Waals surface area contributed by atoms with Crippen molar-refractivity contribution in [3.63, 3.8) is 0 Å². The third-order valence-electron chi connectivity index (χ3n) is 2.81. The van der Waals surface area contributed by atoms with Crippen LogP contribution in [0.4, 0.5) is 0 Å². The second-order valence-electron chi connectivity index (χ2n) is 4.12. The molecule has 98 valence electrons. The number of rotatable bonds is 5. The largest absolute Gasteiger partial charge is 0.480 e. The summed E-state index contributed by atoms with van der Waals surface area (Å²) in [7, 11) is 0. The summed E-state index contributed by atoms with van der Waals surface area (Å²) in [5.41, 5.74) is -0.0904. The highest BCUT2D eigenvalue weighted by Crippen LogP contribution is 2.08. The van der Waals surface area contributed by atoms with E-state index in [-0.39, 0.29) is 17.0 Å². The molecule has 1 aromatic rings. The highest BCUT2D eigenvalue weighted by atomic mass is 16.4. The zero-order chi connectivity index (χ0) is 13.7. The minimum absolute atomic E-state index is 0.172. The third-order valence-corrected chi connectivity index (χ3v) is 2.81. The average molecular weight is 252 g/mol. The smallest absolute Gasteiger partial charge is 0.326 e. The number of carbonyl (C=O) groups is 2. The maximum absolute atomic E-state index is 11.8. The first-order valence-electron chi connectivity index (χ1n) is 5.68. The molecular formula is C12H16N2O4. The number of pyridine rings is 1. The molecule has 0 aliphatic rings. The minimum Gasteiger partial charge on any atom is -0.480 e. The molecule has 0 fully saturated rings. The number of aliphatic carboxylic acids is 1. The van der Waals surface area contributed by atoms with Crippen LogP contribution in [0.5, 0.6) is 0 Å². The molecular weight excluding hydrogens is 236 g/mol. The Morgan fingerprint density at radius 2 is 2.11 bits per heavy atom. The minimum atomic E-state index is -1.07. The van der Waals surface area contributed by atoms with Crippen molar-refractivity contribution in [1.29, 1.82) is 0 Å². The Bertz CT molecular complexity index is 475. The van der Waals surface area contributed by atoms with Gasteiger partial charge in [0.25, 0.3) is 5.91 Å². The van der Waals surface area contributed by atoms with Crippen LogP contribution in [-0.4, -0.2) is 28.0 Å². The number of carboxylic acids is 1. The van der Waals surface area contributed by atoms with Gasteiger partial charge in [0, 0.05) is 12.3 Å². The third kappa shape index (κ3) is 3.44. The van der Waals surface area contributed by atoms with E-state index in [9.17, 15) is 14.4 Å². The van der Waals surface area contributed by atoms with E-state index in [4.69, 9.17) is 5.11 Å². The van der Waals surface area contributed by atoms with E-state index in [0.717, 1.165) is 0 Å². The molecule has 18 heavy (non-hydrogen) atoms. The van der Waals surface area contributed by atoms with Gasteiger partial charge in [-0.15, -0.1) is 0 Å². The summed E-state index contributed by atoms with van der Waals surface area (Å²) in [6.45, 7) is 3.61. The van der Waals surface area contributed by atoms with Crippen molar-refractivity contribution < 1.29 is 14.7 Å². The zero-order valence-electron chi connectivity index (χ0n) is 10.3. The van der Waals surface area contributed by atoms with Crippen molar-refractivity contribution >= 4 is 11.9 Å². The fourth-order valence-electron chi connectivity index (χ4n) is 1.46. The highest BCUT2D eigenvalue weighted by Gasteiger charge is 2.25. The van der Waals surface area contributed by atoms with Gasteiger partial charge in [0.1, 0.15) is 6.04 Å². The number of aromatic amines is 1. The van der Waals surface area contributed by atoms with E-state index in [1.165, 1.54) is 18.3 Å². The molecule has 1 aromatic heterocycles. The van der Waals surface area contributed by atoms with Gasteiger partial charge in [-0.1, -0.05) is 20.3 Å². The van der Waals surface area contributed by atoms with Crippen LogP contribution in [0.2, 0.25) is 0 Å². The summed E-state index contributed by atoms with van der Waals surface area (Å²) in [6.07, 6.45) is 1.90. The molecule has 6 nitrogen and oxygen atoms in total. The molecule has 1 heterocycles. The number of nitrogens with one attached hydrogen (secondary N) is 2. The van der Waals surface area contributed by atoms with E-state index in [0.29, 0.717) is 6.42 Å². The number of carboxylic acid groups (broad SMARTS) is 1. The quantitative estimate of drug-likeness (QED) is 0.714. The van der Waals surface area contributed by atoms with Crippen molar-refractivity contribution in [1.82, 2.24) is 10.3 Å². The summed E-state index contributed by atoms with van der Waals surface area (Å²) in [5, 5.41) is 11.5. The lowest BCUT2D eigenvalue weighted by atomic mass is 9.99. The highest BCUT2D eigenvalue weighted by molar-refractivity contribution is 5.96. The Labute approximate surface area is 104 Å². The van der Waals surface area contributed by atoms with Gasteiger partial charge >= 0.3 is 5.97 Å². The van der Waals surface area contributed by atoms with Crippen LogP contribution in [0.3, 0.4) is 0 Å². The Hall–Kier alpha value is -2.11. The number of hydrogen-bond acceptors (Lipinski definition) is 3. The number of H-pyrrole nitrogens is 1. The second kappa shape index (κ2) is 6.00. The lowest BCUT2D eigenvalue weighted by Gasteiger charge is -2.19. The van der Waals surface area contributed by atoms with Crippen molar-refractivity contribution in [2.75, 3.05) is 0 Å². The molecule has 0 bridgehead atoms. The summed E-state index contributed by atoms with van der Waals surface area (Å²) >= 11 is 0. The zero-order valence-corrected chi connectivity index (χ0v) is 10.3. The maximum Gasteiger partial charge on any atom is 0.326 e. The molecule has 1 unspecified atom stereocenters. The predicted octanol–water partition coefficient (Wildman–Crippen LogP) is 0.604. The van der Waals surface area contributed by atoms with Crippen LogP contribution < -0.4 is 10.9 Å². The second-order valence-corrected chi connectivity index (χ2v) is 4.12. The van der Waals surface area contributed by atoms with Gasteiger partial charge in [-0.3, -0.25) is 9.59 Å². The molecule has 0 aliphatic carbocycles. The lowest BCUT2D eigenvalue weighted by molar-refractivity contribution is -0.140. The Kier molecular flexibility index (Phi) is 4.65. The predicted molar refractivity (Wildman–Crippen MR) is 65.4 cm³/mol. The number of hydrogen-bond donors (Lipinski definition) is 3. The Balaban J connectivity index is 2.81. The first kappa shape index (κ1) is 14.0. The monoisotopic (exact) mass is 252 g/mol. The van der Waals surface area contributed by atoms with Crippen LogP contribution in [0, 0.1) is 5.92 Å². The molecule has 0 aliphatic heterocycles. The molecule has 1 amide bonds. The number of aromatic nitrogens is 1. The van der Waals surface area contributed by atoms with E-state index in [2.05, 4.69) is 10.3 Å². The van der Waals surface area contributed by atoms with Gasteiger partial charge < -0.3 is 15.4 Å². The normalized spacial score (nSPS) is 13.7. The number of amides is 1. The molecule has 0 radical (unpaired) electrons. The molecule has 0 saturated heterocycles. The Morgan fingerprint density at radius 3 is 2.56 bits per heavy atom. The van der Waals surface area contributed by atoms with Crippen LogP contribution >= 0.6 is 0 Å². The summed E-state index contributed by atoms with van der Waals surface area (Å²) < 4.78 is 0. The van der Waals surface area contributed by atoms with E-state index in [1.807, 2.05) is 6.92 Å². The van der Waals surface area contributed by atoms with Crippen molar-refractivity contribution in [2.24, 2.45) is 5.92 Å². The first-order chi connectivity index (χ1) is 8.45. The maximum atomic E-state index is 11.8. The van der Waals surface area contributed by atoms with E-state index >= 15 is 0 Å². The van der Waals surface area contributed by atoms with Gasteiger partial charge in [-0.05, 0) is 12.0 Å². The van der Waals surface area contributed by atoms with Crippen molar-refractivity contribution in [3.8, 4) is 0 Å². The van der Waals surface area contributed by atoms with Crippen LogP contribution in [-0.2, 0) is 4.79 Å². The van der Waals surface area contributed by atoms with Crippen LogP contribution in [0.25, 0.3) is 0 Å². The van der Waals surface area contributed by atoms with Gasteiger partial charge in [0.2, 0.25) is 5.56 Å². The van der Waals surface area contributed by atoms with Crippen molar-refractivity contribution in [3.05, 3.63) is 34.2 Å². The molecule has 6 heteroatoms. The molecule has 2 atom stereocenters. The van der Waals surface area contributed by atoms with Crippen LogP contribution in [0.1, 0.15) is 30.6 Å². The molecule has 0 aromatic carbocycles. The van der Waals surface area contributed by atoms with Crippen molar-refractivity contribution in [2.45, 2.75) is 26.3 Å². The Morgan fingerprint density at radius 1 is 1.44 bits per heavy atom. The van der Waals surface area contributed by atoms with E-state index in [1.54, 1.807) is 6.92 Å². The average Bonchev–Trinajstić information content (AvgIpc) is 2.35. The van der Waals surface area contributed by atoms with Crippen LogP contribution in [0.15, 0.2) is 23.1 Å². The molecule has 0 spiro atoms. The fourth-order valence-corrected chi connectivity index (χ4v) is 1.46. The topological polar surface area (TPSA) is 99.3 Å². The number of carbonyl (C=O) groups excluding carboxylic acids is 1. The van der Waals surface area contributed by atoms with Gasteiger partial charge in [-0.25, -0.2) is 4.79 Å². The summed E-state index contributed by atoms with van der Waals surface area (Å²) in [5.74, 6) is -1.75. The summed E-state index contributed by atoms with van der Waals surface area (Å²) in [6, 6.07) is 1.63. The standard InChI is InChI=1S/C12H16N2O4/c1-3-7(2)10(12(17)18)14-11(16)8-4-5-9(15)13-6-8/h4-7,10H,3H2,1-2H3,(H,13,15)(H,14,16)(H,17,18)/t7?,10-/m0/s1. The first-order valence-corrected chi connectivity index (χ1v) is 5.68. The molecule has 1 rings (SSSR count). The van der Waals surface area contributed by atoms with Gasteiger partial charge in [-0.2, -0.15) is 0 Å². The van der Waals surface area contributed by atoms with Gasteiger partial charge in [0.15, 0.2) is 0 Å². The lowest BCUT2D eigenvalue weighted by Crippen LogP contribution is -2.45.